The summed E-state index contributed by atoms with van der Waals surface area (Å²) in [7, 11) is 1.88. The fourth-order valence-electron chi connectivity index (χ4n) is 1.27. The van der Waals surface area contributed by atoms with E-state index >= 15 is 0 Å². The Morgan fingerprint density at radius 1 is 1.35 bits per heavy atom. The molecule has 0 saturated carbocycles. The van der Waals surface area contributed by atoms with Crippen LogP contribution in [0.5, 0.6) is 5.19 Å². The Morgan fingerprint density at radius 2 is 2.18 bits per heavy atom. The van der Waals surface area contributed by atoms with Gasteiger partial charge in [0, 0.05) is 16.6 Å². The summed E-state index contributed by atoms with van der Waals surface area (Å²) in [6.07, 6.45) is 0. The molecule has 6 heteroatoms. The zero-order valence-electron chi connectivity index (χ0n) is 9.31. The monoisotopic (exact) mass is 313 g/mol. The molecule has 4 nitrogen and oxygen atoms in total. The molecule has 1 heterocycles. The van der Waals surface area contributed by atoms with Crippen LogP contribution < -0.4 is 10.1 Å². The third-order valence-electron chi connectivity index (χ3n) is 2.09. The third kappa shape index (κ3) is 3.49. The van der Waals surface area contributed by atoms with Gasteiger partial charge in [-0.1, -0.05) is 50.6 Å². The summed E-state index contributed by atoms with van der Waals surface area (Å²) in [6.45, 7) is 1.21. The van der Waals surface area contributed by atoms with Crippen molar-refractivity contribution in [2.45, 2.75) is 13.2 Å². The zero-order chi connectivity index (χ0) is 12.1. The molecule has 0 saturated heterocycles. The van der Waals surface area contributed by atoms with Gasteiger partial charge < -0.3 is 10.1 Å². The van der Waals surface area contributed by atoms with E-state index in [9.17, 15) is 0 Å². The van der Waals surface area contributed by atoms with E-state index in [4.69, 9.17) is 4.74 Å². The van der Waals surface area contributed by atoms with Gasteiger partial charge in [0.2, 0.25) is 0 Å². The van der Waals surface area contributed by atoms with Gasteiger partial charge in [-0.25, -0.2) is 0 Å². The second kappa shape index (κ2) is 6.09. The quantitative estimate of drug-likeness (QED) is 0.921. The fraction of sp³-hybridized carbons (Fsp3) is 0.273. The van der Waals surface area contributed by atoms with Crippen molar-refractivity contribution in [3.05, 3.63) is 39.3 Å². The van der Waals surface area contributed by atoms with Crippen molar-refractivity contribution in [3.8, 4) is 5.19 Å². The van der Waals surface area contributed by atoms with E-state index in [1.165, 1.54) is 11.3 Å². The Bertz CT molecular complexity index is 489. The molecule has 1 aromatic carbocycles. The summed E-state index contributed by atoms with van der Waals surface area (Å²) in [5, 5.41) is 12.5. The molecule has 0 spiro atoms. The summed E-state index contributed by atoms with van der Waals surface area (Å²) in [5.41, 5.74) is 1.10. The first-order valence-corrected chi connectivity index (χ1v) is 6.73. The van der Waals surface area contributed by atoms with Crippen LogP contribution in [0.25, 0.3) is 0 Å². The topological polar surface area (TPSA) is 47.0 Å². The van der Waals surface area contributed by atoms with Gasteiger partial charge in [0.1, 0.15) is 11.6 Å². The highest BCUT2D eigenvalue weighted by atomic mass is 79.9. The average Bonchev–Trinajstić information content (AvgIpc) is 2.76. The van der Waals surface area contributed by atoms with E-state index in [0.717, 1.165) is 21.6 Å². The smallest absolute Gasteiger partial charge is 0.294 e. The van der Waals surface area contributed by atoms with Gasteiger partial charge in [-0.05, 0) is 13.1 Å². The Balaban J connectivity index is 1.95. The second-order valence-electron chi connectivity index (χ2n) is 3.37. The highest BCUT2D eigenvalue weighted by Gasteiger charge is 2.05. The van der Waals surface area contributed by atoms with Crippen LogP contribution in [-0.2, 0) is 13.2 Å². The van der Waals surface area contributed by atoms with Gasteiger partial charge in [-0.15, -0.1) is 5.10 Å². The van der Waals surface area contributed by atoms with Crippen LogP contribution in [0.15, 0.2) is 28.7 Å². The van der Waals surface area contributed by atoms with E-state index in [1.807, 2.05) is 31.3 Å². The largest absolute Gasteiger partial charge is 0.464 e. The predicted octanol–water partition coefficient (Wildman–Crippen LogP) is 2.60. The molecule has 0 aliphatic heterocycles. The fourth-order valence-corrected chi connectivity index (χ4v) is 2.37. The molecule has 0 aliphatic rings. The van der Waals surface area contributed by atoms with Crippen LogP contribution in [0.3, 0.4) is 0 Å². The van der Waals surface area contributed by atoms with Crippen molar-refractivity contribution in [3.63, 3.8) is 0 Å². The van der Waals surface area contributed by atoms with E-state index in [-0.39, 0.29) is 0 Å². The van der Waals surface area contributed by atoms with Crippen LogP contribution in [0.4, 0.5) is 0 Å². The van der Waals surface area contributed by atoms with Crippen molar-refractivity contribution in [2.24, 2.45) is 0 Å². The lowest BCUT2D eigenvalue weighted by Crippen LogP contribution is -2.04. The van der Waals surface area contributed by atoms with Crippen molar-refractivity contribution >= 4 is 27.3 Å². The molecular weight excluding hydrogens is 302 g/mol. The minimum Gasteiger partial charge on any atom is -0.464 e. The lowest BCUT2D eigenvalue weighted by Gasteiger charge is -2.03. The molecular formula is C11H12BrN3OS. The second-order valence-corrected chi connectivity index (χ2v) is 5.25. The Hall–Kier alpha value is -0.980. The van der Waals surface area contributed by atoms with Crippen molar-refractivity contribution in [1.82, 2.24) is 15.5 Å². The number of hydrogen-bond donors (Lipinski definition) is 1. The number of benzene rings is 1. The molecule has 2 aromatic rings. The zero-order valence-corrected chi connectivity index (χ0v) is 11.7. The summed E-state index contributed by atoms with van der Waals surface area (Å²) in [4.78, 5) is 0. The summed E-state index contributed by atoms with van der Waals surface area (Å²) in [5.74, 6) is 0. The molecule has 0 bridgehead atoms. The number of ether oxygens (including phenoxy) is 1. The molecule has 17 heavy (non-hydrogen) atoms. The minimum atomic E-state index is 0.496. The van der Waals surface area contributed by atoms with Crippen molar-refractivity contribution in [2.75, 3.05) is 7.05 Å². The summed E-state index contributed by atoms with van der Waals surface area (Å²) in [6, 6.07) is 7.96. The standard InChI is InChI=1S/C11H12BrN3OS/c1-13-6-10-14-15-11(17-10)16-7-8-4-2-3-5-9(8)12/h2-5,13H,6-7H2,1H3. The van der Waals surface area contributed by atoms with Gasteiger partial charge in [0.15, 0.2) is 0 Å². The van der Waals surface area contributed by atoms with Gasteiger partial charge in [0.05, 0.1) is 0 Å². The van der Waals surface area contributed by atoms with E-state index in [0.29, 0.717) is 11.8 Å². The molecule has 0 radical (unpaired) electrons. The maximum absolute atomic E-state index is 5.59. The van der Waals surface area contributed by atoms with E-state index in [2.05, 4.69) is 31.4 Å². The van der Waals surface area contributed by atoms with Gasteiger partial charge >= 0.3 is 0 Å². The number of nitrogens with zero attached hydrogens (tertiary/aromatic N) is 2. The van der Waals surface area contributed by atoms with Crippen molar-refractivity contribution in [1.29, 1.82) is 0 Å². The summed E-state index contributed by atoms with van der Waals surface area (Å²) < 4.78 is 6.63. The lowest BCUT2D eigenvalue weighted by atomic mass is 10.2. The molecule has 90 valence electrons. The number of nitrogens with one attached hydrogen (secondary N) is 1. The normalized spacial score (nSPS) is 10.5. The molecule has 0 aliphatic carbocycles. The van der Waals surface area contributed by atoms with E-state index in [1.54, 1.807) is 0 Å². The molecule has 0 atom stereocenters. The molecule has 2 rings (SSSR count). The first-order valence-electron chi connectivity index (χ1n) is 5.13. The number of halogens is 1. The third-order valence-corrected chi connectivity index (χ3v) is 3.69. The van der Waals surface area contributed by atoms with E-state index < -0.39 is 0 Å². The molecule has 0 unspecified atom stereocenters. The van der Waals surface area contributed by atoms with Crippen LogP contribution >= 0.6 is 27.3 Å². The lowest BCUT2D eigenvalue weighted by molar-refractivity contribution is 0.301. The minimum absolute atomic E-state index is 0.496. The predicted molar refractivity (Wildman–Crippen MR) is 71.1 cm³/mol. The Kier molecular flexibility index (Phi) is 4.47. The van der Waals surface area contributed by atoms with Crippen LogP contribution in [-0.4, -0.2) is 17.2 Å². The maximum Gasteiger partial charge on any atom is 0.294 e. The van der Waals surface area contributed by atoms with Gasteiger partial charge in [-0.3, -0.25) is 0 Å². The van der Waals surface area contributed by atoms with Crippen LogP contribution in [0.1, 0.15) is 10.6 Å². The first kappa shape index (κ1) is 12.5. The molecule has 0 amide bonds. The molecule has 1 aromatic heterocycles. The molecule has 1 N–H and O–H groups in total. The molecule has 0 fully saturated rings. The highest BCUT2D eigenvalue weighted by Crippen LogP contribution is 2.21. The number of aromatic nitrogens is 2. The Labute approximate surface area is 112 Å². The first-order chi connectivity index (χ1) is 8.29. The Morgan fingerprint density at radius 3 is 2.94 bits per heavy atom. The average molecular weight is 314 g/mol. The van der Waals surface area contributed by atoms with Crippen LogP contribution in [0.2, 0.25) is 0 Å². The van der Waals surface area contributed by atoms with Gasteiger partial charge in [-0.2, -0.15) is 0 Å². The SMILES string of the molecule is CNCc1nnc(OCc2ccccc2Br)s1. The van der Waals surface area contributed by atoms with Crippen LogP contribution in [0, 0.1) is 0 Å². The highest BCUT2D eigenvalue weighted by molar-refractivity contribution is 9.10. The number of hydrogen-bond acceptors (Lipinski definition) is 5. The van der Waals surface area contributed by atoms with Crippen molar-refractivity contribution < 1.29 is 4.74 Å². The maximum atomic E-state index is 5.59. The number of rotatable bonds is 5. The summed E-state index contributed by atoms with van der Waals surface area (Å²) >= 11 is 4.94. The van der Waals surface area contributed by atoms with Gasteiger partial charge in [0.25, 0.3) is 5.19 Å².